The van der Waals surface area contributed by atoms with Crippen molar-refractivity contribution in [3.05, 3.63) is 52.9 Å². The number of carbonyl (C=O) groups excluding carboxylic acids is 2. The molecule has 3 rings (SSSR count). The van der Waals surface area contributed by atoms with E-state index < -0.39 is 0 Å². The number of nitrogens with zero attached hydrogens (tertiary/aromatic N) is 1. The highest BCUT2D eigenvalue weighted by Crippen LogP contribution is 2.25. The third kappa shape index (κ3) is 3.62. The molecule has 0 bridgehead atoms. The Kier molecular flexibility index (Phi) is 4.90. The van der Waals surface area contributed by atoms with Crippen molar-refractivity contribution in [2.75, 3.05) is 18.4 Å². The smallest absolute Gasteiger partial charge is 0.257 e. The summed E-state index contributed by atoms with van der Waals surface area (Å²) >= 11 is 6.16. The van der Waals surface area contributed by atoms with Crippen molar-refractivity contribution in [2.45, 2.75) is 19.8 Å². The Morgan fingerprint density at radius 3 is 2.62 bits per heavy atom. The van der Waals surface area contributed by atoms with Crippen LogP contribution in [0.2, 0.25) is 5.02 Å². The predicted molar refractivity (Wildman–Crippen MR) is 92.2 cm³/mol. The fraction of sp³-hybridized carbons (Fsp3) is 0.333. The van der Waals surface area contributed by atoms with E-state index in [1.54, 1.807) is 11.0 Å². The normalized spacial score (nSPS) is 15.3. The van der Waals surface area contributed by atoms with Crippen LogP contribution in [0.5, 0.6) is 0 Å². The first-order valence-electron chi connectivity index (χ1n) is 7.93. The maximum Gasteiger partial charge on any atom is 0.257 e. The van der Waals surface area contributed by atoms with Crippen LogP contribution in [0.3, 0.4) is 0 Å². The lowest BCUT2D eigenvalue weighted by molar-refractivity contribution is -0.121. The summed E-state index contributed by atoms with van der Waals surface area (Å²) in [5.74, 6) is -0.212. The van der Waals surface area contributed by atoms with Crippen LogP contribution >= 0.6 is 11.6 Å². The van der Waals surface area contributed by atoms with Crippen LogP contribution in [0.25, 0.3) is 0 Å². The Labute approximate surface area is 145 Å². The number of nitrogens with one attached hydrogen (secondary N) is 1. The topological polar surface area (TPSA) is 62.6 Å². The molecule has 0 radical (unpaired) electrons. The lowest BCUT2D eigenvalue weighted by Gasteiger charge is -2.31. The number of piperidine rings is 1. The minimum Gasteiger partial charge on any atom is -0.472 e. The molecule has 0 atom stereocenters. The monoisotopic (exact) mass is 346 g/mol. The van der Waals surface area contributed by atoms with Gasteiger partial charge in [0.1, 0.15) is 6.26 Å². The number of aryl methyl sites for hydroxylation is 1. The molecule has 1 aromatic carbocycles. The van der Waals surface area contributed by atoms with Crippen LogP contribution in [0, 0.1) is 12.8 Å². The average molecular weight is 347 g/mol. The number of anilines is 1. The molecule has 1 fully saturated rings. The molecular formula is C18H19ClN2O3. The third-order valence-electron chi connectivity index (χ3n) is 4.30. The molecule has 2 heterocycles. The number of furan rings is 1. The highest BCUT2D eigenvalue weighted by atomic mass is 35.5. The fourth-order valence-electron chi connectivity index (χ4n) is 2.87. The molecule has 2 aromatic rings. The molecule has 5 nitrogen and oxygen atoms in total. The summed E-state index contributed by atoms with van der Waals surface area (Å²) in [5.41, 5.74) is 2.22. The maximum absolute atomic E-state index is 12.4. The van der Waals surface area contributed by atoms with Crippen LogP contribution in [0.1, 0.15) is 28.8 Å². The minimum atomic E-state index is -0.115. The number of amides is 2. The number of benzene rings is 1. The molecular weight excluding hydrogens is 328 g/mol. The summed E-state index contributed by atoms with van der Waals surface area (Å²) in [6, 6.07) is 7.20. The van der Waals surface area contributed by atoms with E-state index in [1.807, 2.05) is 25.1 Å². The number of hydrogen-bond acceptors (Lipinski definition) is 3. The molecule has 0 saturated carbocycles. The second kappa shape index (κ2) is 7.09. The van der Waals surface area contributed by atoms with Gasteiger partial charge in [0.25, 0.3) is 5.91 Å². The van der Waals surface area contributed by atoms with Crippen LogP contribution < -0.4 is 5.32 Å². The van der Waals surface area contributed by atoms with Crippen molar-refractivity contribution in [1.82, 2.24) is 4.90 Å². The quantitative estimate of drug-likeness (QED) is 0.921. The molecule has 126 valence electrons. The highest BCUT2D eigenvalue weighted by molar-refractivity contribution is 6.33. The van der Waals surface area contributed by atoms with E-state index in [4.69, 9.17) is 16.0 Å². The van der Waals surface area contributed by atoms with Gasteiger partial charge in [-0.2, -0.15) is 0 Å². The molecule has 2 amide bonds. The van der Waals surface area contributed by atoms with E-state index >= 15 is 0 Å². The first kappa shape index (κ1) is 16.6. The number of carbonyl (C=O) groups is 2. The Morgan fingerprint density at radius 2 is 2.00 bits per heavy atom. The lowest BCUT2D eigenvalue weighted by Crippen LogP contribution is -2.41. The molecule has 1 aliphatic heterocycles. The summed E-state index contributed by atoms with van der Waals surface area (Å²) in [7, 11) is 0. The van der Waals surface area contributed by atoms with Gasteiger partial charge in [-0.1, -0.05) is 17.7 Å². The van der Waals surface area contributed by atoms with Gasteiger partial charge in [-0.25, -0.2) is 0 Å². The van der Waals surface area contributed by atoms with Gasteiger partial charge in [-0.15, -0.1) is 0 Å². The molecule has 1 N–H and O–H groups in total. The van der Waals surface area contributed by atoms with Gasteiger partial charge in [0.2, 0.25) is 5.91 Å². The van der Waals surface area contributed by atoms with E-state index in [2.05, 4.69) is 5.32 Å². The van der Waals surface area contributed by atoms with Crippen molar-refractivity contribution in [2.24, 2.45) is 5.92 Å². The molecule has 1 aromatic heterocycles. The second-order valence-corrected chi connectivity index (χ2v) is 6.46. The number of rotatable bonds is 3. The van der Waals surface area contributed by atoms with Crippen molar-refractivity contribution in [3.8, 4) is 0 Å². The van der Waals surface area contributed by atoms with Crippen LogP contribution in [-0.4, -0.2) is 29.8 Å². The Balaban J connectivity index is 1.56. The highest BCUT2D eigenvalue weighted by Gasteiger charge is 2.28. The maximum atomic E-state index is 12.4. The second-order valence-electron chi connectivity index (χ2n) is 6.05. The van der Waals surface area contributed by atoms with Crippen molar-refractivity contribution in [3.63, 3.8) is 0 Å². The molecule has 6 heteroatoms. The van der Waals surface area contributed by atoms with Gasteiger partial charge >= 0.3 is 0 Å². The standard InChI is InChI=1S/C18H19ClN2O3/c1-12-2-3-16(15(19)10-12)20-17(22)13-4-7-21(8-5-13)18(23)14-6-9-24-11-14/h2-3,6,9-11,13H,4-5,7-8H2,1H3,(H,20,22). The van der Waals surface area contributed by atoms with Crippen LogP contribution in [0.15, 0.2) is 41.2 Å². The van der Waals surface area contributed by atoms with Gasteiger partial charge in [0, 0.05) is 19.0 Å². The number of halogens is 1. The fourth-order valence-corrected chi connectivity index (χ4v) is 3.15. The predicted octanol–water partition coefficient (Wildman–Crippen LogP) is 3.73. The van der Waals surface area contributed by atoms with Gasteiger partial charge in [-0.05, 0) is 43.5 Å². The third-order valence-corrected chi connectivity index (χ3v) is 4.62. The first-order valence-corrected chi connectivity index (χ1v) is 8.31. The van der Waals surface area contributed by atoms with E-state index in [0.29, 0.717) is 42.2 Å². The molecule has 24 heavy (non-hydrogen) atoms. The van der Waals surface area contributed by atoms with Crippen molar-refractivity contribution >= 4 is 29.1 Å². The Hall–Kier alpha value is -2.27. The van der Waals surface area contributed by atoms with Gasteiger partial charge < -0.3 is 14.6 Å². The molecule has 0 unspecified atom stereocenters. The zero-order valence-electron chi connectivity index (χ0n) is 13.4. The van der Waals surface area contributed by atoms with Gasteiger partial charge in [-0.3, -0.25) is 9.59 Å². The SMILES string of the molecule is Cc1ccc(NC(=O)C2CCN(C(=O)c3ccoc3)CC2)c(Cl)c1. The lowest BCUT2D eigenvalue weighted by atomic mass is 9.95. The Morgan fingerprint density at radius 1 is 1.25 bits per heavy atom. The summed E-state index contributed by atoms with van der Waals surface area (Å²) in [5, 5.41) is 3.43. The largest absolute Gasteiger partial charge is 0.472 e. The van der Waals surface area contributed by atoms with Crippen molar-refractivity contribution in [1.29, 1.82) is 0 Å². The van der Waals surface area contributed by atoms with Gasteiger partial charge in [0.15, 0.2) is 0 Å². The van der Waals surface area contributed by atoms with Gasteiger partial charge in [0.05, 0.1) is 22.5 Å². The van der Waals surface area contributed by atoms with Crippen LogP contribution in [0.4, 0.5) is 5.69 Å². The summed E-state index contributed by atoms with van der Waals surface area (Å²) in [4.78, 5) is 26.4. The summed E-state index contributed by atoms with van der Waals surface area (Å²) < 4.78 is 4.95. The van der Waals surface area contributed by atoms with Crippen LogP contribution in [-0.2, 0) is 4.79 Å². The van der Waals surface area contributed by atoms with E-state index in [1.165, 1.54) is 12.5 Å². The van der Waals surface area contributed by atoms with E-state index in [0.717, 1.165) is 5.56 Å². The number of hydrogen-bond donors (Lipinski definition) is 1. The molecule has 1 aliphatic rings. The Bertz CT molecular complexity index is 735. The molecule has 0 spiro atoms. The molecule has 0 aliphatic carbocycles. The van der Waals surface area contributed by atoms with E-state index in [-0.39, 0.29) is 17.7 Å². The minimum absolute atomic E-state index is 0.0452. The average Bonchev–Trinajstić information content (AvgIpc) is 3.11. The zero-order valence-corrected chi connectivity index (χ0v) is 14.2. The zero-order chi connectivity index (χ0) is 17.1. The van der Waals surface area contributed by atoms with E-state index in [9.17, 15) is 9.59 Å². The molecule has 1 saturated heterocycles. The summed E-state index contributed by atoms with van der Waals surface area (Å²) in [6.07, 6.45) is 4.21. The summed E-state index contributed by atoms with van der Waals surface area (Å²) in [6.45, 7) is 3.07. The van der Waals surface area contributed by atoms with Crippen molar-refractivity contribution < 1.29 is 14.0 Å². The first-order chi connectivity index (χ1) is 11.5. The number of likely N-dealkylation sites (tertiary alicyclic amines) is 1.